The van der Waals surface area contributed by atoms with E-state index in [9.17, 15) is 13.2 Å². The van der Waals surface area contributed by atoms with Gasteiger partial charge in [0.1, 0.15) is 4.21 Å². The normalized spacial score (nSPS) is 14.1. The molecule has 8 heteroatoms. The molecule has 2 rings (SSSR count). The second kappa shape index (κ2) is 7.55. The van der Waals surface area contributed by atoms with E-state index in [1.54, 1.807) is 29.6 Å². The molecule has 0 bridgehead atoms. The van der Waals surface area contributed by atoms with Gasteiger partial charge in [-0.15, -0.1) is 11.3 Å². The first kappa shape index (κ1) is 19.4. The van der Waals surface area contributed by atoms with E-state index in [2.05, 4.69) is 10.0 Å². The van der Waals surface area contributed by atoms with Crippen molar-refractivity contribution in [2.24, 2.45) is 11.7 Å². The van der Waals surface area contributed by atoms with Gasteiger partial charge in [-0.25, -0.2) is 8.42 Å². The zero-order chi connectivity index (χ0) is 18.7. The van der Waals surface area contributed by atoms with Gasteiger partial charge in [0.25, 0.3) is 15.9 Å². The van der Waals surface area contributed by atoms with Crippen LogP contribution in [0.4, 0.5) is 5.69 Å². The highest BCUT2D eigenvalue weighted by Gasteiger charge is 2.29. The largest absolute Gasteiger partial charge is 0.345 e. The average molecular weight is 382 g/mol. The molecule has 4 N–H and O–H groups in total. The first-order chi connectivity index (χ1) is 11.7. The highest BCUT2D eigenvalue weighted by atomic mass is 32.2. The van der Waals surface area contributed by atoms with Crippen molar-refractivity contribution in [3.8, 4) is 0 Å². The molecule has 6 nitrogen and oxygen atoms in total. The third-order valence-electron chi connectivity index (χ3n) is 4.23. The molecule has 0 aliphatic heterocycles. The van der Waals surface area contributed by atoms with E-state index in [1.807, 2.05) is 20.8 Å². The molecule has 1 aromatic heterocycles. The maximum atomic E-state index is 12.5. The number of sulfonamides is 1. The Morgan fingerprint density at radius 3 is 2.56 bits per heavy atom. The summed E-state index contributed by atoms with van der Waals surface area (Å²) in [5, 5.41) is 4.63. The second-order valence-corrected chi connectivity index (χ2v) is 9.21. The number of carbonyl (C=O) groups is 1. The lowest BCUT2D eigenvalue weighted by Crippen LogP contribution is -2.55. The van der Waals surface area contributed by atoms with E-state index in [-0.39, 0.29) is 16.0 Å². The molecule has 0 fully saturated rings. The molecule has 25 heavy (non-hydrogen) atoms. The minimum Gasteiger partial charge on any atom is -0.345 e. The minimum atomic E-state index is -3.65. The molecule has 2 aromatic rings. The van der Waals surface area contributed by atoms with Crippen molar-refractivity contribution >= 4 is 33.0 Å². The zero-order valence-corrected chi connectivity index (χ0v) is 16.1. The summed E-state index contributed by atoms with van der Waals surface area (Å²) in [6.45, 7) is 6.16. The molecule has 0 saturated heterocycles. The second-order valence-electron chi connectivity index (χ2n) is 6.35. The Morgan fingerprint density at radius 2 is 2.00 bits per heavy atom. The van der Waals surface area contributed by atoms with Crippen LogP contribution >= 0.6 is 11.3 Å². The van der Waals surface area contributed by atoms with Crippen molar-refractivity contribution < 1.29 is 13.2 Å². The van der Waals surface area contributed by atoms with Crippen LogP contribution in [0.3, 0.4) is 0 Å². The van der Waals surface area contributed by atoms with Crippen LogP contribution in [0.5, 0.6) is 0 Å². The van der Waals surface area contributed by atoms with E-state index in [0.29, 0.717) is 17.8 Å². The fourth-order valence-electron chi connectivity index (χ4n) is 2.11. The lowest BCUT2D eigenvalue weighted by Gasteiger charge is -2.33. The van der Waals surface area contributed by atoms with Crippen molar-refractivity contribution in [3.05, 3.63) is 47.3 Å². The number of rotatable bonds is 7. The van der Waals surface area contributed by atoms with Crippen LogP contribution in [0.2, 0.25) is 0 Å². The Labute approximate surface area is 152 Å². The Kier molecular flexibility index (Phi) is 5.87. The number of carbonyl (C=O) groups excluding carboxylic acids is 1. The Bertz CT molecular complexity index is 833. The number of nitrogens with two attached hydrogens (primary N) is 1. The van der Waals surface area contributed by atoms with Crippen LogP contribution < -0.4 is 15.8 Å². The highest BCUT2D eigenvalue weighted by molar-refractivity contribution is 7.94. The fraction of sp³-hybridized carbons (Fsp3) is 0.353. The number of benzene rings is 1. The quantitative estimate of drug-likeness (QED) is 0.686. The zero-order valence-electron chi connectivity index (χ0n) is 14.4. The number of nitrogens with one attached hydrogen (secondary N) is 2. The molecule has 0 aliphatic carbocycles. The Morgan fingerprint density at radius 1 is 1.28 bits per heavy atom. The third kappa shape index (κ3) is 4.59. The average Bonchev–Trinajstić information content (AvgIpc) is 3.09. The number of hydrogen-bond acceptors (Lipinski definition) is 5. The minimum absolute atomic E-state index is 0.155. The first-order valence-electron chi connectivity index (χ1n) is 7.87. The number of hydrogen-bond donors (Lipinski definition) is 3. The maximum absolute atomic E-state index is 12.5. The van der Waals surface area contributed by atoms with Gasteiger partial charge in [0.05, 0.1) is 5.54 Å². The summed E-state index contributed by atoms with van der Waals surface area (Å²) in [5.41, 5.74) is 5.96. The summed E-state index contributed by atoms with van der Waals surface area (Å²) in [6.07, 6.45) is 0. The predicted octanol–water partition coefficient (Wildman–Crippen LogP) is 2.65. The summed E-state index contributed by atoms with van der Waals surface area (Å²) in [5.74, 6) is -0.138. The molecule has 0 spiro atoms. The van der Waals surface area contributed by atoms with Crippen molar-refractivity contribution in [1.82, 2.24) is 5.32 Å². The van der Waals surface area contributed by atoms with Gasteiger partial charge in [-0.2, -0.15) is 0 Å². The van der Waals surface area contributed by atoms with Crippen LogP contribution in [-0.2, 0) is 10.0 Å². The SMILES string of the molecule is CC(C)C(C)(CN)NC(=O)c1cccc(NS(=O)(=O)c2cccs2)c1. The van der Waals surface area contributed by atoms with Crippen molar-refractivity contribution in [3.63, 3.8) is 0 Å². The van der Waals surface area contributed by atoms with Gasteiger partial charge in [-0.3, -0.25) is 9.52 Å². The molecule has 0 saturated carbocycles. The Balaban J connectivity index is 2.20. The molecule has 1 atom stereocenters. The van der Waals surface area contributed by atoms with Crippen LogP contribution in [0.25, 0.3) is 0 Å². The van der Waals surface area contributed by atoms with Gasteiger partial charge < -0.3 is 11.1 Å². The van der Waals surface area contributed by atoms with E-state index < -0.39 is 15.6 Å². The molecule has 1 amide bonds. The fourth-order valence-corrected chi connectivity index (χ4v) is 4.15. The van der Waals surface area contributed by atoms with Gasteiger partial charge >= 0.3 is 0 Å². The molecular weight excluding hydrogens is 358 g/mol. The number of anilines is 1. The first-order valence-corrected chi connectivity index (χ1v) is 10.2. The maximum Gasteiger partial charge on any atom is 0.271 e. The number of amides is 1. The van der Waals surface area contributed by atoms with Crippen molar-refractivity contribution in [1.29, 1.82) is 0 Å². The monoisotopic (exact) mass is 381 g/mol. The molecule has 0 radical (unpaired) electrons. The number of thiophene rings is 1. The van der Waals surface area contributed by atoms with Crippen LogP contribution in [0.15, 0.2) is 46.0 Å². The third-order valence-corrected chi connectivity index (χ3v) is 7.01. The van der Waals surface area contributed by atoms with Crippen molar-refractivity contribution in [2.75, 3.05) is 11.3 Å². The predicted molar refractivity (Wildman–Crippen MR) is 101 cm³/mol. The highest BCUT2D eigenvalue weighted by Crippen LogP contribution is 2.21. The summed E-state index contributed by atoms with van der Waals surface area (Å²) >= 11 is 1.13. The van der Waals surface area contributed by atoms with Gasteiger partial charge in [-0.1, -0.05) is 26.0 Å². The summed E-state index contributed by atoms with van der Waals surface area (Å²) < 4.78 is 27.3. The summed E-state index contributed by atoms with van der Waals surface area (Å²) in [4.78, 5) is 12.5. The van der Waals surface area contributed by atoms with Crippen LogP contribution in [0, 0.1) is 5.92 Å². The molecule has 136 valence electrons. The Hall–Kier alpha value is -1.90. The molecule has 1 unspecified atom stereocenters. The van der Waals surface area contributed by atoms with Gasteiger partial charge in [0.15, 0.2) is 0 Å². The van der Waals surface area contributed by atoms with E-state index in [0.717, 1.165) is 11.3 Å². The van der Waals surface area contributed by atoms with Gasteiger partial charge in [-0.05, 0) is 42.5 Å². The molecular formula is C17H23N3O3S2. The van der Waals surface area contributed by atoms with Crippen LogP contribution in [-0.4, -0.2) is 26.4 Å². The van der Waals surface area contributed by atoms with Gasteiger partial charge in [0.2, 0.25) is 0 Å². The van der Waals surface area contributed by atoms with E-state index in [4.69, 9.17) is 5.73 Å². The van der Waals surface area contributed by atoms with Crippen LogP contribution in [0.1, 0.15) is 31.1 Å². The van der Waals surface area contributed by atoms with Crippen molar-refractivity contribution in [2.45, 2.75) is 30.5 Å². The standard InChI is InChI=1S/C17H23N3O3S2/c1-12(2)17(3,11-18)19-16(21)13-6-4-7-14(10-13)20-25(22,23)15-8-5-9-24-15/h4-10,12,20H,11,18H2,1-3H3,(H,19,21). The van der Waals surface area contributed by atoms with E-state index >= 15 is 0 Å². The van der Waals surface area contributed by atoms with Gasteiger partial charge in [0, 0.05) is 17.8 Å². The molecule has 1 heterocycles. The van der Waals surface area contributed by atoms with E-state index in [1.165, 1.54) is 12.1 Å². The topological polar surface area (TPSA) is 101 Å². The smallest absolute Gasteiger partial charge is 0.271 e. The lowest BCUT2D eigenvalue weighted by atomic mass is 9.88. The molecule has 1 aromatic carbocycles. The molecule has 0 aliphatic rings. The summed E-state index contributed by atoms with van der Waals surface area (Å²) in [6, 6.07) is 9.58. The summed E-state index contributed by atoms with van der Waals surface area (Å²) in [7, 11) is -3.65. The lowest BCUT2D eigenvalue weighted by molar-refractivity contribution is 0.0883.